The lowest BCUT2D eigenvalue weighted by Gasteiger charge is -2.29. The van der Waals surface area contributed by atoms with Crippen molar-refractivity contribution in [2.75, 3.05) is 30.3 Å². The molecule has 18 heteroatoms. The first-order chi connectivity index (χ1) is 23.0. The van der Waals surface area contributed by atoms with Crippen LogP contribution in [0.2, 0.25) is 0 Å². The molecule has 260 valence electrons. The number of rotatable bonds is 6. The van der Waals surface area contributed by atoms with Gasteiger partial charge in [-0.2, -0.15) is 49.6 Å². The molecule has 9 nitrogen and oxygen atoms in total. The molecule has 2 aromatic carbocycles. The fourth-order valence-corrected chi connectivity index (χ4v) is 5.78. The number of benzene rings is 2. The van der Waals surface area contributed by atoms with Crippen LogP contribution < -0.4 is 16.0 Å². The van der Waals surface area contributed by atoms with Crippen molar-refractivity contribution in [3.63, 3.8) is 0 Å². The molecule has 49 heavy (non-hydrogen) atoms. The SMILES string of the molecule is O=C(N1CCc2ccc(Nc3nc(Nc4cc(C(F)(F)F)cc(C(F)(F)F)c4)ncc3-c3cnn(C4CCNCC4)c3)cc2C1)C(F)(F)F. The Hall–Kier alpha value is -4.87. The van der Waals surface area contributed by atoms with Crippen LogP contribution in [-0.2, 0) is 30.1 Å². The molecule has 0 unspecified atom stereocenters. The molecular formula is C31H27F9N8O. The van der Waals surface area contributed by atoms with E-state index in [1.165, 1.54) is 6.20 Å². The molecule has 0 spiro atoms. The summed E-state index contributed by atoms with van der Waals surface area (Å²) in [6.45, 7) is 1.18. The number of carbonyl (C=O) groups excluding carboxylic acids is 1. The Balaban J connectivity index is 1.35. The van der Waals surface area contributed by atoms with Gasteiger partial charge in [0.05, 0.1) is 23.4 Å². The quantitative estimate of drug-likeness (QED) is 0.183. The molecule has 2 aliphatic heterocycles. The summed E-state index contributed by atoms with van der Waals surface area (Å²) in [5.41, 5.74) is -1.18. The smallest absolute Gasteiger partial charge is 0.340 e. The minimum absolute atomic E-state index is 0.00164. The number of fused-ring (bicyclic) bond motifs is 1. The van der Waals surface area contributed by atoms with Crippen molar-refractivity contribution in [3.05, 3.63) is 77.2 Å². The summed E-state index contributed by atoms with van der Waals surface area (Å²) in [4.78, 5) is 21.1. The lowest BCUT2D eigenvalue weighted by atomic mass is 9.99. The van der Waals surface area contributed by atoms with Gasteiger partial charge in [0.25, 0.3) is 0 Å². The number of alkyl halides is 9. The third-order valence-electron chi connectivity index (χ3n) is 8.24. The number of hydrogen-bond donors (Lipinski definition) is 3. The van der Waals surface area contributed by atoms with E-state index in [-0.39, 0.29) is 43.4 Å². The molecule has 0 bridgehead atoms. The highest BCUT2D eigenvalue weighted by Gasteiger charge is 2.43. The van der Waals surface area contributed by atoms with Crippen LogP contribution in [0.25, 0.3) is 11.1 Å². The highest BCUT2D eigenvalue weighted by atomic mass is 19.4. The van der Waals surface area contributed by atoms with E-state index in [9.17, 15) is 44.3 Å². The van der Waals surface area contributed by atoms with Crippen LogP contribution in [0.4, 0.5) is 62.7 Å². The van der Waals surface area contributed by atoms with Crippen molar-refractivity contribution in [3.8, 4) is 11.1 Å². The number of carbonyl (C=O) groups is 1. The zero-order valence-corrected chi connectivity index (χ0v) is 25.3. The van der Waals surface area contributed by atoms with Gasteiger partial charge < -0.3 is 20.9 Å². The molecule has 6 rings (SSSR count). The first-order valence-electron chi connectivity index (χ1n) is 15.0. The van der Waals surface area contributed by atoms with Crippen molar-refractivity contribution in [2.24, 2.45) is 0 Å². The zero-order valence-electron chi connectivity index (χ0n) is 25.3. The second kappa shape index (κ2) is 12.9. The van der Waals surface area contributed by atoms with E-state index in [4.69, 9.17) is 0 Å². The van der Waals surface area contributed by atoms with E-state index >= 15 is 0 Å². The van der Waals surface area contributed by atoms with Crippen molar-refractivity contribution in [2.45, 2.75) is 50.4 Å². The number of amides is 1. The molecule has 2 aliphatic rings. The van der Waals surface area contributed by atoms with E-state index < -0.39 is 41.3 Å². The van der Waals surface area contributed by atoms with Crippen LogP contribution in [0.3, 0.4) is 0 Å². The van der Waals surface area contributed by atoms with Gasteiger partial charge in [-0.3, -0.25) is 9.48 Å². The molecule has 0 atom stereocenters. The summed E-state index contributed by atoms with van der Waals surface area (Å²) in [6.07, 6.45) is -8.69. The number of nitrogens with zero attached hydrogens (tertiary/aromatic N) is 5. The van der Waals surface area contributed by atoms with Crippen LogP contribution in [-0.4, -0.2) is 56.4 Å². The average Bonchev–Trinajstić information content (AvgIpc) is 3.53. The standard InChI is InChI=1S/C31H27F9N8O/c32-29(33,34)20-10-21(30(35,36)37)12-23(11-20)45-28-42-14-25(19-13-43-48(16-19)24-3-6-41-7-4-24)26(46-28)44-22-2-1-17-5-8-47(15-18(17)9-22)27(49)31(38,39)40/h1-2,9-14,16,24,41H,3-8,15H2,(H2,42,44,45,46). The molecule has 0 radical (unpaired) electrons. The fourth-order valence-electron chi connectivity index (χ4n) is 5.78. The third-order valence-corrected chi connectivity index (χ3v) is 8.24. The first-order valence-corrected chi connectivity index (χ1v) is 15.0. The minimum Gasteiger partial charge on any atom is -0.340 e. The Bertz CT molecular complexity index is 1810. The van der Waals surface area contributed by atoms with E-state index in [1.807, 2.05) is 0 Å². The summed E-state index contributed by atoms with van der Waals surface area (Å²) < 4.78 is 122. The van der Waals surface area contributed by atoms with Gasteiger partial charge in [0, 0.05) is 48.0 Å². The van der Waals surface area contributed by atoms with E-state index in [1.54, 1.807) is 35.3 Å². The van der Waals surface area contributed by atoms with E-state index in [0.717, 1.165) is 31.5 Å². The van der Waals surface area contributed by atoms with E-state index in [2.05, 4.69) is 31.0 Å². The number of aromatic nitrogens is 4. The van der Waals surface area contributed by atoms with Crippen LogP contribution in [0.15, 0.2) is 55.0 Å². The number of anilines is 4. The predicted octanol–water partition coefficient (Wildman–Crippen LogP) is 7.24. The van der Waals surface area contributed by atoms with Gasteiger partial charge in [0.15, 0.2) is 0 Å². The van der Waals surface area contributed by atoms with Gasteiger partial charge in [-0.15, -0.1) is 0 Å². The maximum absolute atomic E-state index is 13.5. The largest absolute Gasteiger partial charge is 0.471 e. The molecule has 0 saturated carbocycles. The van der Waals surface area contributed by atoms with Crippen LogP contribution in [0.1, 0.15) is 41.1 Å². The average molecular weight is 699 g/mol. The highest BCUT2D eigenvalue weighted by molar-refractivity contribution is 5.82. The Kier molecular flexibility index (Phi) is 8.93. The van der Waals surface area contributed by atoms with Crippen LogP contribution in [0.5, 0.6) is 0 Å². The molecule has 1 amide bonds. The lowest BCUT2D eigenvalue weighted by Crippen LogP contribution is -2.43. The van der Waals surface area contributed by atoms with Gasteiger partial charge in [-0.05, 0) is 73.8 Å². The maximum atomic E-state index is 13.5. The van der Waals surface area contributed by atoms with Crippen LogP contribution >= 0.6 is 0 Å². The second-order valence-electron chi connectivity index (χ2n) is 11.6. The topological polar surface area (TPSA) is 100 Å². The number of halogens is 9. The van der Waals surface area contributed by atoms with Gasteiger partial charge >= 0.3 is 24.4 Å². The Labute approximate surface area is 272 Å². The second-order valence-corrected chi connectivity index (χ2v) is 11.6. The van der Waals surface area contributed by atoms with Gasteiger partial charge in [-0.25, -0.2) is 4.98 Å². The summed E-state index contributed by atoms with van der Waals surface area (Å²) in [5.74, 6) is -2.23. The molecular weight excluding hydrogens is 671 g/mol. The lowest BCUT2D eigenvalue weighted by molar-refractivity contribution is -0.186. The Morgan fingerprint density at radius 3 is 2.18 bits per heavy atom. The first kappa shape index (κ1) is 34.0. The third kappa shape index (κ3) is 7.73. The molecule has 3 N–H and O–H groups in total. The molecule has 2 aromatic heterocycles. The Morgan fingerprint density at radius 2 is 1.53 bits per heavy atom. The van der Waals surface area contributed by atoms with Gasteiger partial charge in [0.2, 0.25) is 5.95 Å². The molecule has 4 heterocycles. The Morgan fingerprint density at radius 1 is 0.837 bits per heavy atom. The van der Waals surface area contributed by atoms with Crippen LogP contribution in [0, 0.1) is 0 Å². The summed E-state index contributed by atoms with van der Waals surface area (Å²) >= 11 is 0. The summed E-state index contributed by atoms with van der Waals surface area (Å²) in [5, 5.41) is 13.2. The van der Waals surface area contributed by atoms with E-state index in [0.29, 0.717) is 39.4 Å². The molecule has 0 aliphatic carbocycles. The molecule has 4 aromatic rings. The minimum atomic E-state index is -5.07. The monoisotopic (exact) mass is 698 g/mol. The predicted molar refractivity (Wildman–Crippen MR) is 159 cm³/mol. The van der Waals surface area contributed by atoms with Crippen molar-refractivity contribution in [1.82, 2.24) is 30.0 Å². The summed E-state index contributed by atoms with van der Waals surface area (Å²) in [6, 6.07) is 5.98. The van der Waals surface area contributed by atoms with Crippen molar-refractivity contribution >= 4 is 29.0 Å². The highest BCUT2D eigenvalue weighted by Crippen LogP contribution is 2.39. The number of nitrogens with one attached hydrogen (secondary N) is 3. The van der Waals surface area contributed by atoms with Crippen molar-refractivity contribution in [1.29, 1.82) is 0 Å². The fraction of sp³-hybridized carbons (Fsp3) is 0.355. The zero-order chi connectivity index (χ0) is 35.1. The molecule has 1 fully saturated rings. The maximum Gasteiger partial charge on any atom is 0.471 e. The summed E-state index contributed by atoms with van der Waals surface area (Å²) in [7, 11) is 0. The van der Waals surface area contributed by atoms with Gasteiger partial charge in [0.1, 0.15) is 5.82 Å². The normalized spacial score (nSPS) is 16.0. The molecule has 1 saturated heterocycles. The number of hydrogen-bond acceptors (Lipinski definition) is 7. The van der Waals surface area contributed by atoms with Gasteiger partial charge in [-0.1, -0.05) is 6.07 Å². The van der Waals surface area contributed by atoms with Crippen molar-refractivity contribution < 1.29 is 44.3 Å². The number of piperidine rings is 1.